The topological polar surface area (TPSA) is 70.6 Å². The Morgan fingerprint density at radius 3 is 2.48 bits per heavy atom. The number of nitrogens with one attached hydrogen (secondary N) is 2. The first kappa shape index (κ1) is 22.9. The molecule has 0 amide bonds. The predicted molar refractivity (Wildman–Crippen MR) is 110 cm³/mol. The fourth-order valence-corrected chi connectivity index (χ4v) is 3.75. The van der Waals surface area contributed by atoms with Gasteiger partial charge in [0, 0.05) is 25.9 Å². The summed E-state index contributed by atoms with van der Waals surface area (Å²) < 4.78 is 22.4. The standard InChI is InChI=1S/C16H33N3O2S.HI/c1-14(11-13-22(3,20)21)19-16(17-2)18-12-7-10-15-8-5-4-6-9-15;/h14-15H,4-13H2,1-3H3,(H2,17,18,19);1H. The summed E-state index contributed by atoms with van der Waals surface area (Å²) in [7, 11) is -1.15. The molecule has 23 heavy (non-hydrogen) atoms. The van der Waals surface area contributed by atoms with Crippen molar-refractivity contribution in [3.05, 3.63) is 0 Å². The molecule has 0 heterocycles. The lowest BCUT2D eigenvalue weighted by Gasteiger charge is -2.22. The van der Waals surface area contributed by atoms with Crippen LogP contribution >= 0.6 is 24.0 Å². The lowest BCUT2D eigenvalue weighted by atomic mass is 9.86. The summed E-state index contributed by atoms with van der Waals surface area (Å²) in [4.78, 5) is 4.20. The van der Waals surface area contributed by atoms with Gasteiger partial charge >= 0.3 is 0 Å². The molecule has 0 aromatic rings. The Morgan fingerprint density at radius 2 is 1.91 bits per heavy atom. The van der Waals surface area contributed by atoms with Crippen LogP contribution in [0.5, 0.6) is 0 Å². The van der Waals surface area contributed by atoms with Crippen molar-refractivity contribution in [1.82, 2.24) is 10.6 Å². The van der Waals surface area contributed by atoms with E-state index in [0.29, 0.717) is 6.42 Å². The lowest BCUT2D eigenvalue weighted by molar-refractivity contribution is 0.332. The Labute approximate surface area is 159 Å². The Balaban J connectivity index is 0.00000484. The summed E-state index contributed by atoms with van der Waals surface area (Å²) in [5, 5.41) is 6.58. The minimum atomic E-state index is -2.90. The second kappa shape index (κ2) is 12.3. The summed E-state index contributed by atoms with van der Waals surface area (Å²) in [5.41, 5.74) is 0. The minimum absolute atomic E-state index is 0. The van der Waals surface area contributed by atoms with Gasteiger partial charge in [0.1, 0.15) is 9.84 Å². The van der Waals surface area contributed by atoms with Gasteiger partial charge in [-0.25, -0.2) is 8.42 Å². The van der Waals surface area contributed by atoms with Crippen LogP contribution in [0, 0.1) is 5.92 Å². The molecule has 0 spiro atoms. The molecule has 0 saturated heterocycles. The van der Waals surface area contributed by atoms with Crippen molar-refractivity contribution >= 4 is 39.8 Å². The number of aliphatic imine (C=N–C) groups is 1. The van der Waals surface area contributed by atoms with Gasteiger partial charge in [0.25, 0.3) is 0 Å². The van der Waals surface area contributed by atoms with E-state index in [-0.39, 0.29) is 35.8 Å². The maximum absolute atomic E-state index is 11.2. The van der Waals surface area contributed by atoms with Crippen LogP contribution < -0.4 is 10.6 Å². The lowest BCUT2D eigenvalue weighted by Crippen LogP contribution is -2.43. The molecule has 1 rings (SSSR count). The van der Waals surface area contributed by atoms with E-state index in [1.54, 1.807) is 7.05 Å². The Hall–Kier alpha value is -0.0500. The van der Waals surface area contributed by atoms with E-state index in [1.807, 2.05) is 6.92 Å². The fraction of sp³-hybridized carbons (Fsp3) is 0.938. The number of sulfone groups is 1. The van der Waals surface area contributed by atoms with Gasteiger partial charge in [0.05, 0.1) is 5.75 Å². The summed E-state index contributed by atoms with van der Waals surface area (Å²) >= 11 is 0. The largest absolute Gasteiger partial charge is 0.356 e. The van der Waals surface area contributed by atoms with Gasteiger partial charge in [-0.15, -0.1) is 24.0 Å². The predicted octanol–water partition coefficient (Wildman–Crippen LogP) is 2.95. The van der Waals surface area contributed by atoms with Crippen LogP contribution in [0.3, 0.4) is 0 Å². The molecule has 2 N–H and O–H groups in total. The average Bonchev–Trinajstić information content (AvgIpc) is 2.48. The quantitative estimate of drug-likeness (QED) is 0.254. The van der Waals surface area contributed by atoms with E-state index in [9.17, 15) is 8.42 Å². The highest BCUT2D eigenvalue weighted by atomic mass is 127. The Kier molecular flexibility index (Phi) is 12.3. The Morgan fingerprint density at radius 1 is 1.26 bits per heavy atom. The van der Waals surface area contributed by atoms with E-state index in [4.69, 9.17) is 0 Å². The van der Waals surface area contributed by atoms with Crippen molar-refractivity contribution in [1.29, 1.82) is 0 Å². The molecular weight excluding hydrogens is 425 g/mol. The number of nitrogens with zero attached hydrogens (tertiary/aromatic N) is 1. The van der Waals surface area contributed by atoms with Gasteiger partial charge in [-0.2, -0.15) is 0 Å². The zero-order valence-electron chi connectivity index (χ0n) is 14.8. The van der Waals surface area contributed by atoms with E-state index < -0.39 is 9.84 Å². The molecule has 138 valence electrons. The van der Waals surface area contributed by atoms with Crippen LogP contribution in [0.1, 0.15) is 58.3 Å². The molecule has 1 saturated carbocycles. The van der Waals surface area contributed by atoms with Crippen LogP contribution in [0.15, 0.2) is 4.99 Å². The van der Waals surface area contributed by atoms with Crippen LogP contribution in [0.2, 0.25) is 0 Å². The smallest absolute Gasteiger partial charge is 0.191 e. The average molecular weight is 459 g/mol. The first-order valence-electron chi connectivity index (χ1n) is 8.55. The molecule has 0 aliphatic heterocycles. The van der Waals surface area contributed by atoms with Gasteiger partial charge in [0.15, 0.2) is 5.96 Å². The summed E-state index contributed by atoms with van der Waals surface area (Å²) in [6, 6.07) is 0.0965. The van der Waals surface area contributed by atoms with Gasteiger partial charge in [-0.3, -0.25) is 4.99 Å². The summed E-state index contributed by atoms with van der Waals surface area (Å²) in [6.07, 6.45) is 11.4. The molecule has 1 aliphatic rings. The molecule has 1 unspecified atom stereocenters. The molecular formula is C16H34IN3O2S. The van der Waals surface area contributed by atoms with Crippen molar-refractivity contribution < 1.29 is 8.42 Å². The molecule has 7 heteroatoms. The number of halogens is 1. The number of hydrogen-bond donors (Lipinski definition) is 2. The van der Waals surface area contributed by atoms with E-state index in [2.05, 4.69) is 15.6 Å². The maximum atomic E-state index is 11.2. The maximum Gasteiger partial charge on any atom is 0.191 e. The molecule has 1 aliphatic carbocycles. The number of hydrogen-bond acceptors (Lipinski definition) is 3. The van der Waals surface area contributed by atoms with E-state index in [1.165, 1.54) is 51.2 Å². The summed E-state index contributed by atoms with van der Waals surface area (Å²) in [5.74, 6) is 1.89. The highest BCUT2D eigenvalue weighted by Gasteiger charge is 2.13. The second-order valence-corrected chi connectivity index (χ2v) is 8.87. The first-order valence-corrected chi connectivity index (χ1v) is 10.6. The van der Waals surface area contributed by atoms with Crippen LogP contribution in [0.4, 0.5) is 0 Å². The molecule has 1 atom stereocenters. The van der Waals surface area contributed by atoms with Crippen molar-refractivity contribution in [3.8, 4) is 0 Å². The van der Waals surface area contributed by atoms with Gasteiger partial charge in [-0.1, -0.05) is 32.1 Å². The molecule has 0 bridgehead atoms. The number of rotatable bonds is 8. The third-order valence-corrected chi connectivity index (χ3v) is 5.31. The van der Waals surface area contributed by atoms with Gasteiger partial charge in [0.2, 0.25) is 0 Å². The van der Waals surface area contributed by atoms with Crippen LogP contribution in [0.25, 0.3) is 0 Å². The molecule has 0 aromatic heterocycles. The van der Waals surface area contributed by atoms with Crippen LogP contribution in [-0.4, -0.2) is 46.0 Å². The van der Waals surface area contributed by atoms with Gasteiger partial charge in [-0.05, 0) is 32.1 Å². The zero-order valence-corrected chi connectivity index (χ0v) is 18.0. The van der Waals surface area contributed by atoms with Crippen molar-refractivity contribution in [2.45, 2.75) is 64.3 Å². The normalized spacial score (nSPS) is 18.1. The third-order valence-electron chi connectivity index (χ3n) is 4.33. The second-order valence-electron chi connectivity index (χ2n) is 6.61. The third kappa shape index (κ3) is 12.0. The SMILES string of the molecule is CN=C(NCCCC1CCCCC1)NC(C)CCS(C)(=O)=O.I. The Bertz CT molecular complexity index is 435. The molecule has 5 nitrogen and oxygen atoms in total. The summed E-state index contributed by atoms with van der Waals surface area (Å²) in [6.45, 7) is 2.91. The molecule has 0 aromatic carbocycles. The van der Waals surface area contributed by atoms with E-state index >= 15 is 0 Å². The van der Waals surface area contributed by atoms with Crippen molar-refractivity contribution in [3.63, 3.8) is 0 Å². The fourth-order valence-electron chi connectivity index (χ4n) is 2.96. The van der Waals surface area contributed by atoms with E-state index in [0.717, 1.165) is 18.4 Å². The zero-order chi connectivity index (χ0) is 16.4. The van der Waals surface area contributed by atoms with Crippen molar-refractivity contribution in [2.75, 3.05) is 25.6 Å². The monoisotopic (exact) mass is 459 g/mol. The highest BCUT2D eigenvalue weighted by molar-refractivity contribution is 14.0. The van der Waals surface area contributed by atoms with Crippen molar-refractivity contribution in [2.24, 2.45) is 10.9 Å². The van der Waals surface area contributed by atoms with Crippen LogP contribution in [-0.2, 0) is 9.84 Å². The number of guanidine groups is 1. The molecule has 1 fully saturated rings. The minimum Gasteiger partial charge on any atom is -0.356 e. The van der Waals surface area contributed by atoms with Gasteiger partial charge < -0.3 is 10.6 Å². The highest BCUT2D eigenvalue weighted by Crippen LogP contribution is 2.26. The first-order chi connectivity index (χ1) is 10.4. The molecule has 0 radical (unpaired) electrons.